The van der Waals surface area contributed by atoms with Gasteiger partial charge >= 0.3 is 0 Å². The largest absolute Gasteiger partial charge is 0.487 e. The third-order valence-corrected chi connectivity index (χ3v) is 5.50. The summed E-state index contributed by atoms with van der Waals surface area (Å²) in [5.41, 5.74) is 4.63. The highest BCUT2D eigenvalue weighted by Gasteiger charge is 2.31. The molecule has 0 bridgehead atoms. The Morgan fingerprint density at radius 1 is 1.42 bits per heavy atom. The summed E-state index contributed by atoms with van der Waals surface area (Å²) >= 11 is 7.57. The van der Waals surface area contributed by atoms with Gasteiger partial charge in [0.1, 0.15) is 21.8 Å². The van der Waals surface area contributed by atoms with Gasteiger partial charge in [-0.15, -0.1) is 0 Å². The fourth-order valence-electron chi connectivity index (χ4n) is 2.97. The van der Waals surface area contributed by atoms with Crippen molar-refractivity contribution in [3.05, 3.63) is 37.5 Å². The number of benzene rings is 1. The van der Waals surface area contributed by atoms with Gasteiger partial charge in [-0.25, -0.2) is 4.39 Å². The lowest BCUT2D eigenvalue weighted by molar-refractivity contribution is 0.234. The maximum Gasteiger partial charge on any atom is 0.271 e. The zero-order valence-corrected chi connectivity index (χ0v) is 19.3. The van der Waals surface area contributed by atoms with Gasteiger partial charge in [0.15, 0.2) is 11.6 Å². The molecule has 1 saturated carbocycles. The highest BCUT2D eigenvalue weighted by Crippen LogP contribution is 2.44. The van der Waals surface area contributed by atoms with Crippen LogP contribution in [-0.2, 0) is 10.1 Å². The number of halogens is 2. The number of hydrogen-bond acceptors (Lipinski definition) is 7. The Balaban J connectivity index is 0.000000491. The molecule has 31 heavy (non-hydrogen) atoms. The topological polar surface area (TPSA) is 144 Å². The molecule has 0 saturated heterocycles. The van der Waals surface area contributed by atoms with Crippen molar-refractivity contribution in [1.29, 1.82) is 0 Å². The molecule has 1 aliphatic carbocycles. The zero-order chi connectivity index (χ0) is 23.3. The standard InChI is InChI=1S/C17H17ClFN3O3S.CH4O3S/c1-17(2,20)6-25-14-9(19)5-8-12(11(14)18)22(7-3-4-7)16-10(13(8)23)15(24)21-26-16;1-5(2,3)4/h5,7H,3-4,6,20H2,1-2H3,(H,21,24);1H3,(H,2,3,4). The number of ether oxygens (including phenoxy) is 1. The van der Waals surface area contributed by atoms with Gasteiger partial charge in [-0.1, -0.05) is 11.6 Å². The molecule has 1 aromatic carbocycles. The van der Waals surface area contributed by atoms with Crippen molar-refractivity contribution in [2.24, 2.45) is 5.73 Å². The van der Waals surface area contributed by atoms with E-state index in [4.69, 9.17) is 26.6 Å². The van der Waals surface area contributed by atoms with Crippen molar-refractivity contribution in [2.45, 2.75) is 38.3 Å². The molecule has 4 N–H and O–H groups in total. The van der Waals surface area contributed by atoms with Crippen LogP contribution in [-0.4, -0.2) is 40.3 Å². The Bertz CT molecular complexity index is 1380. The number of fused-ring (bicyclic) bond motifs is 2. The Labute approximate surface area is 185 Å². The first-order valence-electron chi connectivity index (χ1n) is 9.10. The van der Waals surface area contributed by atoms with Gasteiger partial charge in [-0.05, 0) is 44.3 Å². The summed E-state index contributed by atoms with van der Waals surface area (Å²) in [4.78, 5) is 25.4. The predicted octanol–water partition coefficient (Wildman–Crippen LogP) is 2.65. The Morgan fingerprint density at radius 2 is 2.00 bits per heavy atom. The highest BCUT2D eigenvalue weighted by atomic mass is 35.5. The molecule has 0 spiro atoms. The summed E-state index contributed by atoms with van der Waals surface area (Å²) in [6.45, 7) is 3.56. The average Bonchev–Trinajstić information content (AvgIpc) is 3.36. The van der Waals surface area contributed by atoms with Gasteiger partial charge in [0.25, 0.3) is 15.7 Å². The van der Waals surface area contributed by atoms with Gasteiger partial charge < -0.3 is 15.0 Å². The molecule has 1 aliphatic rings. The number of nitrogens with two attached hydrogens (primary N) is 1. The molecule has 3 aromatic rings. The molecule has 0 unspecified atom stereocenters. The van der Waals surface area contributed by atoms with Gasteiger partial charge in [-0.2, -0.15) is 8.42 Å². The second-order valence-electron chi connectivity index (χ2n) is 8.05. The van der Waals surface area contributed by atoms with Crippen molar-refractivity contribution >= 4 is 54.4 Å². The third kappa shape index (κ3) is 5.26. The minimum atomic E-state index is -3.67. The van der Waals surface area contributed by atoms with Crippen LogP contribution in [0.3, 0.4) is 0 Å². The number of hydrogen-bond donors (Lipinski definition) is 3. The first kappa shape index (κ1) is 23.7. The minimum absolute atomic E-state index is 0.0241. The van der Waals surface area contributed by atoms with E-state index in [1.54, 1.807) is 13.8 Å². The van der Waals surface area contributed by atoms with E-state index in [2.05, 4.69) is 4.37 Å². The molecule has 0 aliphatic heterocycles. The summed E-state index contributed by atoms with van der Waals surface area (Å²) < 4.78 is 50.5. The summed E-state index contributed by atoms with van der Waals surface area (Å²) in [5, 5.41) is 0.146. The fraction of sp³-hybridized carbons (Fsp3) is 0.444. The first-order chi connectivity index (χ1) is 14.2. The number of nitrogens with one attached hydrogen (secondary N) is 1. The first-order valence-corrected chi connectivity index (χ1v) is 12.1. The van der Waals surface area contributed by atoms with E-state index in [0.29, 0.717) is 16.6 Å². The summed E-state index contributed by atoms with van der Waals surface area (Å²) in [6, 6.07) is 1.21. The SMILES string of the molecule is CC(C)(N)COc1c(F)cc2c(=O)c3c(=O)[nH]sc3n(C3CC3)c2c1Cl.CS(=O)(=O)O. The van der Waals surface area contributed by atoms with Crippen LogP contribution >= 0.6 is 23.1 Å². The second kappa shape index (κ2) is 8.17. The van der Waals surface area contributed by atoms with Gasteiger partial charge in [-0.3, -0.25) is 18.5 Å². The quantitative estimate of drug-likeness (QED) is 0.474. The lowest BCUT2D eigenvalue weighted by Gasteiger charge is -2.21. The number of rotatable bonds is 4. The summed E-state index contributed by atoms with van der Waals surface area (Å²) in [7, 11) is -3.67. The number of aromatic amines is 1. The number of H-pyrrole nitrogens is 1. The molecule has 1 fully saturated rings. The predicted molar refractivity (Wildman–Crippen MR) is 119 cm³/mol. The van der Waals surface area contributed by atoms with Crippen LogP contribution in [0.15, 0.2) is 15.7 Å². The Hall–Kier alpha value is -1.99. The van der Waals surface area contributed by atoms with E-state index >= 15 is 0 Å². The molecule has 170 valence electrons. The van der Waals surface area contributed by atoms with E-state index in [-0.39, 0.29) is 34.2 Å². The van der Waals surface area contributed by atoms with Crippen LogP contribution in [0.2, 0.25) is 5.02 Å². The number of pyridine rings is 1. The Morgan fingerprint density at radius 3 is 2.52 bits per heavy atom. The lowest BCUT2D eigenvalue weighted by atomic mass is 10.1. The lowest BCUT2D eigenvalue weighted by Crippen LogP contribution is -2.38. The summed E-state index contributed by atoms with van der Waals surface area (Å²) in [6.07, 6.45) is 2.52. The van der Waals surface area contributed by atoms with Gasteiger partial charge in [0.2, 0.25) is 5.43 Å². The molecule has 9 nitrogen and oxygen atoms in total. The third-order valence-electron chi connectivity index (χ3n) is 4.26. The summed E-state index contributed by atoms with van der Waals surface area (Å²) in [5.74, 6) is -0.883. The molecule has 0 amide bonds. The van der Waals surface area contributed by atoms with Crippen molar-refractivity contribution in [2.75, 3.05) is 12.9 Å². The van der Waals surface area contributed by atoms with E-state index in [1.165, 1.54) is 0 Å². The molecule has 13 heteroatoms. The van der Waals surface area contributed by atoms with Crippen LogP contribution in [0.5, 0.6) is 5.75 Å². The van der Waals surface area contributed by atoms with E-state index in [0.717, 1.165) is 30.4 Å². The van der Waals surface area contributed by atoms with Gasteiger partial charge in [0.05, 0.1) is 17.2 Å². The molecular formula is C18H21ClFN3O6S2. The molecule has 2 aromatic heterocycles. The molecule has 0 radical (unpaired) electrons. The van der Waals surface area contributed by atoms with Crippen LogP contribution in [0.25, 0.3) is 21.1 Å². The van der Waals surface area contributed by atoms with Crippen molar-refractivity contribution in [3.63, 3.8) is 0 Å². The smallest absolute Gasteiger partial charge is 0.271 e. The average molecular weight is 494 g/mol. The maximum atomic E-state index is 14.6. The zero-order valence-electron chi connectivity index (χ0n) is 16.9. The minimum Gasteiger partial charge on any atom is -0.487 e. The van der Waals surface area contributed by atoms with Gasteiger partial charge in [0, 0.05) is 11.6 Å². The maximum absolute atomic E-state index is 14.6. The van der Waals surface area contributed by atoms with Crippen molar-refractivity contribution in [1.82, 2.24) is 8.94 Å². The van der Waals surface area contributed by atoms with E-state index in [1.807, 2.05) is 4.57 Å². The van der Waals surface area contributed by atoms with Crippen LogP contribution in [0.1, 0.15) is 32.7 Å². The second-order valence-corrected chi connectivity index (χ2v) is 10.7. The van der Waals surface area contributed by atoms with Crippen LogP contribution in [0, 0.1) is 5.82 Å². The molecular weight excluding hydrogens is 473 g/mol. The molecule has 4 rings (SSSR count). The molecule has 0 atom stereocenters. The van der Waals surface area contributed by atoms with Crippen LogP contribution < -0.4 is 21.5 Å². The monoisotopic (exact) mass is 493 g/mol. The Kier molecular flexibility index (Phi) is 6.24. The van der Waals surface area contributed by atoms with Crippen LogP contribution in [0.4, 0.5) is 4.39 Å². The highest BCUT2D eigenvalue weighted by molar-refractivity contribution is 7.85. The normalized spacial score (nSPS) is 14.5. The molecule has 2 heterocycles. The number of aromatic nitrogens is 2. The van der Waals surface area contributed by atoms with E-state index < -0.39 is 32.5 Å². The van der Waals surface area contributed by atoms with Crippen molar-refractivity contribution < 1.29 is 22.1 Å². The van der Waals surface area contributed by atoms with Crippen molar-refractivity contribution in [3.8, 4) is 5.75 Å². The fourth-order valence-corrected chi connectivity index (χ4v) is 4.23. The van der Waals surface area contributed by atoms with E-state index in [9.17, 15) is 22.4 Å². The number of nitrogens with zero attached hydrogens (tertiary/aromatic N) is 1.